The fraction of sp³-hybridized carbons (Fsp3) is 0.0667. The lowest BCUT2D eigenvalue weighted by Gasteiger charge is -2.00. The van der Waals surface area contributed by atoms with Crippen LogP contribution >= 0.6 is 11.6 Å². The van der Waals surface area contributed by atoms with Gasteiger partial charge in [-0.2, -0.15) is 5.26 Å². The molecule has 2 rings (SSSR count). The molecule has 19 heavy (non-hydrogen) atoms. The maximum absolute atomic E-state index is 8.92. The Labute approximate surface area is 116 Å². The van der Waals surface area contributed by atoms with Gasteiger partial charge in [-0.3, -0.25) is 0 Å². The van der Waals surface area contributed by atoms with Crippen LogP contribution in [0.5, 0.6) is 0 Å². The summed E-state index contributed by atoms with van der Waals surface area (Å²) in [5.41, 5.74) is 2.24. The normalized spacial score (nSPS) is 10.3. The van der Waals surface area contributed by atoms with E-state index in [-0.39, 0.29) is 0 Å². The first-order valence-corrected chi connectivity index (χ1v) is 6.06. The van der Waals surface area contributed by atoms with E-state index in [1.807, 2.05) is 36.4 Å². The summed E-state index contributed by atoms with van der Waals surface area (Å²) in [6.45, 7) is 0.339. The van der Waals surface area contributed by atoms with E-state index in [4.69, 9.17) is 21.7 Å². The molecule has 2 aromatic rings. The van der Waals surface area contributed by atoms with Crippen LogP contribution in [0.2, 0.25) is 5.02 Å². The molecule has 0 radical (unpaired) electrons. The highest BCUT2D eigenvalue weighted by atomic mass is 35.5. The highest BCUT2D eigenvalue weighted by molar-refractivity contribution is 6.30. The summed E-state index contributed by atoms with van der Waals surface area (Å²) < 4.78 is 0. The van der Waals surface area contributed by atoms with Crippen molar-refractivity contribution >= 4 is 17.8 Å². The van der Waals surface area contributed by atoms with Gasteiger partial charge in [-0.15, -0.1) is 0 Å². The molecule has 0 spiro atoms. The Morgan fingerprint density at radius 2 is 2.05 bits per heavy atom. The van der Waals surface area contributed by atoms with E-state index in [2.05, 4.69) is 11.2 Å². The molecule has 0 bridgehead atoms. The molecule has 0 heterocycles. The first-order chi connectivity index (χ1) is 9.29. The summed E-state index contributed by atoms with van der Waals surface area (Å²) in [6, 6.07) is 16.7. The van der Waals surface area contributed by atoms with Gasteiger partial charge < -0.3 is 4.84 Å². The van der Waals surface area contributed by atoms with Crippen molar-refractivity contribution in [2.24, 2.45) is 5.16 Å². The summed E-state index contributed by atoms with van der Waals surface area (Å²) in [4.78, 5) is 5.18. The van der Waals surface area contributed by atoms with Gasteiger partial charge in [0.25, 0.3) is 0 Å². The monoisotopic (exact) mass is 270 g/mol. The van der Waals surface area contributed by atoms with Crippen molar-refractivity contribution in [1.29, 1.82) is 5.26 Å². The number of hydrogen-bond donors (Lipinski definition) is 0. The van der Waals surface area contributed by atoms with Crippen molar-refractivity contribution in [3.8, 4) is 6.07 Å². The summed E-state index contributed by atoms with van der Waals surface area (Å²) >= 11 is 5.86. The highest BCUT2D eigenvalue weighted by Crippen LogP contribution is 2.11. The lowest BCUT2D eigenvalue weighted by atomic mass is 10.1. The molecule has 0 aliphatic heterocycles. The Bertz CT molecular complexity index is 632. The first-order valence-electron chi connectivity index (χ1n) is 5.68. The number of benzene rings is 2. The average molecular weight is 271 g/mol. The first kappa shape index (κ1) is 13.1. The van der Waals surface area contributed by atoms with Crippen LogP contribution in [0, 0.1) is 11.3 Å². The van der Waals surface area contributed by atoms with Crippen molar-refractivity contribution in [3.63, 3.8) is 0 Å². The predicted molar refractivity (Wildman–Crippen MR) is 75.0 cm³/mol. The Morgan fingerprint density at radius 3 is 2.84 bits per heavy atom. The molecule has 3 nitrogen and oxygen atoms in total. The summed E-state index contributed by atoms with van der Waals surface area (Å²) in [5, 5.41) is 13.4. The Balaban J connectivity index is 1.96. The van der Waals surface area contributed by atoms with Crippen LogP contribution in [-0.4, -0.2) is 6.21 Å². The summed E-state index contributed by atoms with van der Waals surface area (Å²) in [6.07, 6.45) is 1.53. The highest BCUT2D eigenvalue weighted by Gasteiger charge is 1.97. The molecule has 0 saturated heterocycles. The number of hydrogen-bond acceptors (Lipinski definition) is 3. The van der Waals surface area contributed by atoms with E-state index in [0.29, 0.717) is 17.2 Å². The third kappa shape index (κ3) is 3.84. The Hall–Kier alpha value is -2.31. The predicted octanol–water partition coefficient (Wildman–Crippen LogP) is 3.76. The molecule has 0 aromatic heterocycles. The summed E-state index contributed by atoms with van der Waals surface area (Å²) in [5.74, 6) is 0. The summed E-state index contributed by atoms with van der Waals surface area (Å²) in [7, 11) is 0. The quantitative estimate of drug-likeness (QED) is 0.627. The molecule has 0 aliphatic rings. The minimum Gasteiger partial charge on any atom is -0.391 e. The van der Waals surface area contributed by atoms with Gasteiger partial charge in [0.2, 0.25) is 0 Å². The molecule has 0 saturated carbocycles. The molecule has 0 atom stereocenters. The fourth-order valence-corrected chi connectivity index (χ4v) is 1.76. The molecule has 94 valence electrons. The molecule has 4 heteroatoms. The van der Waals surface area contributed by atoms with Crippen molar-refractivity contribution in [2.45, 2.75) is 6.61 Å². The van der Waals surface area contributed by atoms with E-state index in [0.717, 1.165) is 11.1 Å². The molecule has 0 unspecified atom stereocenters. The topological polar surface area (TPSA) is 45.4 Å². The van der Waals surface area contributed by atoms with Crippen molar-refractivity contribution in [3.05, 3.63) is 70.2 Å². The van der Waals surface area contributed by atoms with Crippen LogP contribution in [0.3, 0.4) is 0 Å². The van der Waals surface area contributed by atoms with Crippen molar-refractivity contribution in [1.82, 2.24) is 0 Å². The minimum absolute atomic E-state index is 0.339. The van der Waals surface area contributed by atoms with Gasteiger partial charge >= 0.3 is 0 Å². The maximum atomic E-state index is 8.92. The number of nitrogens with zero attached hydrogens (tertiary/aromatic N) is 2. The van der Waals surface area contributed by atoms with Gasteiger partial charge in [-0.05, 0) is 23.8 Å². The Morgan fingerprint density at radius 1 is 1.21 bits per heavy atom. The lowest BCUT2D eigenvalue weighted by Crippen LogP contribution is -1.90. The van der Waals surface area contributed by atoms with Crippen LogP contribution in [0.4, 0.5) is 0 Å². The molecular formula is C15H11ClN2O. The second-order valence-corrected chi connectivity index (χ2v) is 4.27. The second kappa shape index (κ2) is 6.58. The van der Waals surface area contributed by atoms with Crippen LogP contribution in [0.25, 0.3) is 0 Å². The van der Waals surface area contributed by atoms with Crippen LogP contribution in [0.15, 0.2) is 53.7 Å². The molecular weight excluding hydrogens is 260 g/mol. The van der Waals surface area contributed by atoms with Crippen LogP contribution in [-0.2, 0) is 11.4 Å². The molecule has 0 fully saturated rings. The SMILES string of the molecule is N#Cc1ccccc1C=NOCc1cccc(Cl)c1. The zero-order valence-electron chi connectivity index (χ0n) is 10.1. The number of halogens is 1. The van der Waals surface area contributed by atoms with Crippen molar-refractivity contribution in [2.75, 3.05) is 0 Å². The van der Waals surface area contributed by atoms with Gasteiger partial charge in [-0.25, -0.2) is 0 Å². The number of rotatable bonds is 4. The number of nitriles is 1. The number of oxime groups is 1. The van der Waals surface area contributed by atoms with Crippen LogP contribution in [0.1, 0.15) is 16.7 Å². The second-order valence-electron chi connectivity index (χ2n) is 3.84. The fourth-order valence-electron chi connectivity index (χ4n) is 1.54. The van der Waals surface area contributed by atoms with E-state index in [9.17, 15) is 0 Å². The van der Waals surface area contributed by atoms with Gasteiger partial charge in [0.15, 0.2) is 0 Å². The van der Waals surface area contributed by atoms with E-state index >= 15 is 0 Å². The zero-order valence-corrected chi connectivity index (χ0v) is 10.8. The van der Waals surface area contributed by atoms with E-state index < -0.39 is 0 Å². The van der Waals surface area contributed by atoms with Gasteiger partial charge in [0.1, 0.15) is 6.61 Å². The third-order valence-corrected chi connectivity index (χ3v) is 2.70. The van der Waals surface area contributed by atoms with E-state index in [1.165, 1.54) is 6.21 Å². The average Bonchev–Trinajstić information content (AvgIpc) is 2.44. The van der Waals surface area contributed by atoms with Crippen LogP contribution < -0.4 is 0 Å². The van der Waals surface area contributed by atoms with E-state index in [1.54, 1.807) is 12.1 Å². The molecule has 0 amide bonds. The molecule has 0 N–H and O–H groups in total. The van der Waals surface area contributed by atoms with Gasteiger partial charge in [-0.1, -0.05) is 47.1 Å². The smallest absolute Gasteiger partial charge is 0.142 e. The van der Waals surface area contributed by atoms with Crippen molar-refractivity contribution < 1.29 is 4.84 Å². The standard InChI is InChI=1S/C15H11ClN2O/c16-15-7-3-4-12(8-15)11-19-18-10-14-6-2-1-5-13(14)9-17/h1-8,10H,11H2. The Kier molecular flexibility index (Phi) is 4.54. The lowest BCUT2D eigenvalue weighted by molar-refractivity contribution is 0.132. The largest absolute Gasteiger partial charge is 0.391 e. The van der Waals surface area contributed by atoms with Gasteiger partial charge in [0.05, 0.1) is 17.8 Å². The third-order valence-electron chi connectivity index (χ3n) is 2.47. The van der Waals surface area contributed by atoms with Gasteiger partial charge in [0, 0.05) is 10.6 Å². The minimum atomic E-state index is 0.339. The zero-order chi connectivity index (χ0) is 13.5. The molecule has 2 aromatic carbocycles. The maximum Gasteiger partial charge on any atom is 0.142 e. The molecule has 0 aliphatic carbocycles.